The Kier molecular flexibility index (Phi) is 5.58. The van der Waals surface area contributed by atoms with E-state index < -0.39 is 0 Å². The number of methoxy groups -OCH3 is 2. The minimum absolute atomic E-state index is 0.0336. The van der Waals surface area contributed by atoms with Crippen LogP contribution in [-0.4, -0.2) is 32.7 Å². The first-order chi connectivity index (χ1) is 7.26. The van der Waals surface area contributed by atoms with Gasteiger partial charge in [-0.05, 0) is 6.42 Å². The molecular formula is C12H23O3. The molecule has 2 unspecified atom stereocenters. The van der Waals surface area contributed by atoms with E-state index in [0.29, 0.717) is 0 Å². The first-order valence-corrected chi connectivity index (χ1v) is 5.75. The first kappa shape index (κ1) is 12.9. The smallest absolute Gasteiger partial charge is 0.159 e. The molecule has 0 saturated carbocycles. The summed E-state index contributed by atoms with van der Waals surface area (Å²) in [6.07, 6.45) is 6.15. The maximum Gasteiger partial charge on any atom is 0.159 e. The summed E-state index contributed by atoms with van der Waals surface area (Å²) in [6.45, 7) is 4.59. The molecule has 0 aromatic rings. The van der Waals surface area contributed by atoms with Gasteiger partial charge in [0, 0.05) is 27.1 Å². The maximum absolute atomic E-state index is 5.68. The molecule has 89 valence electrons. The predicted molar refractivity (Wildman–Crippen MR) is 59.5 cm³/mol. The molecule has 0 aromatic carbocycles. The fraction of sp³-hybridized carbons (Fsp3) is 0.917. The van der Waals surface area contributed by atoms with Gasteiger partial charge in [-0.15, -0.1) is 0 Å². The molecule has 1 radical (unpaired) electrons. The quantitative estimate of drug-likeness (QED) is 0.637. The molecule has 1 heterocycles. The fourth-order valence-corrected chi connectivity index (χ4v) is 2.13. The van der Waals surface area contributed by atoms with Gasteiger partial charge < -0.3 is 14.2 Å². The Labute approximate surface area is 93.1 Å². The molecule has 2 atom stereocenters. The highest BCUT2D eigenvalue weighted by Gasteiger charge is 2.36. The molecule has 0 amide bonds. The number of unbranched alkanes of at least 4 members (excludes halogenated alkanes) is 2. The van der Waals surface area contributed by atoms with Crippen LogP contribution in [0.15, 0.2) is 0 Å². The monoisotopic (exact) mass is 215 g/mol. The summed E-state index contributed by atoms with van der Waals surface area (Å²) in [5.41, 5.74) is -0.0336. The van der Waals surface area contributed by atoms with Crippen molar-refractivity contribution in [1.82, 2.24) is 0 Å². The van der Waals surface area contributed by atoms with Gasteiger partial charge in [-0.2, -0.15) is 0 Å². The van der Waals surface area contributed by atoms with Crippen molar-refractivity contribution in [1.29, 1.82) is 0 Å². The van der Waals surface area contributed by atoms with E-state index in [2.05, 4.69) is 6.92 Å². The van der Waals surface area contributed by atoms with E-state index in [1.165, 1.54) is 12.8 Å². The van der Waals surface area contributed by atoms with E-state index in [-0.39, 0.29) is 11.9 Å². The average molecular weight is 215 g/mol. The largest absolute Gasteiger partial charge is 0.378 e. The highest BCUT2D eigenvalue weighted by molar-refractivity contribution is 4.84. The Bertz CT molecular complexity index is 172. The zero-order chi connectivity index (χ0) is 11.1. The van der Waals surface area contributed by atoms with E-state index in [4.69, 9.17) is 14.2 Å². The Morgan fingerprint density at radius 3 is 2.80 bits per heavy atom. The molecular weight excluding hydrogens is 192 g/mol. The topological polar surface area (TPSA) is 27.7 Å². The molecule has 1 saturated heterocycles. The molecule has 1 aliphatic rings. The van der Waals surface area contributed by atoms with E-state index in [1.807, 2.05) is 0 Å². The maximum atomic E-state index is 5.68. The van der Waals surface area contributed by atoms with Crippen LogP contribution >= 0.6 is 0 Å². The van der Waals surface area contributed by atoms with Crippen LogP contribution < -0.4 is 0 Å². The summed E-state index contributed by atoms with van der Waals surface area (Å²) in [5, 5.41) is 0. The number of ether oxygens (including phenoxy) is 3. The van der Waals surface area contributed by atoms with Crippen LogP contribution in [0.25, 0.3) is 0 Å². The second-order valence-corrected chi connectivity index (χ2v) is 4.19. The van der Waals surface area contributed by atoms with Crippen LogP contribution in [0.4, 0.5) is 0 Å². The fourth-order valence-electron chi connectivity index (χ4n) is 2.13. The van der Waals surface area contributed by atoms with Crippen LogP contribution in [0.5, 0.6) is 0 Å². The Morgan fingerprint density at radius 2 is 2.20 bits per heavy atom. The highest BCUT2D eigenvalue weighted by atomic mass is 16.7. The SMILES string of the molecule is [CH2]CCCCC1(OC)CCOC(OC)C1. The number of rotatable bonds is 6. The second-order valence-electron chi connectivity index (χ2n) is 4.19. The molecule has 3 nitrogen and oxygen atoms in total. The summed E-state index contributed by atoms with van der Waals surface area (Å²) >= 11 is 0. The average Bonchev–Trinajstić information content (AvgIpc) is 2.30. The van der Waals surface area contributed by atoms with Crippen molar-refractivity contribution in [3.8, 4) is 0 Å². The van der Waals surface area contributed by atoms with Crippen molar-refractivity contribution < 1.29 is 14.2 Å². The van der Waals surface area contributed by atoms with Crippen molar-refractivity contribution in [2.45, 2.75) is 50.4 Å². The van der Waals surface area contributed by atoms with E-state index in [9.17, 15) is 0 Å². The lowest BCUT2D eigenvalue weighted by atomic mass is 9.87. The van der Waals surface area contributed by atoms with E-state index in [1.54, 1.807) is 14.2 Å². The lowest BCUT2D eigenvalue weighted by Crippen LogP contribution is -2.43. The molecule has 15 heavy (non-hydrogen) atoms. The van der Waals surface area contributed by atoms with Crippen molar-refractivity contribution in [2.24, 2.45) is 0 Å². The summed E-state index contributed by atoms with van der Waals surface area (Å²) in [4.78, 5) is 0. The van der Waals surface area contributed by atoms with Crippen molar-refractivity contribution in [2.75, 3.05) is 20.8 Å². The standard InChI is InChI=1S/C12H23O3/c1-4-5-6-7-12(14-3)8-9-15-11(10-12)13-2/h11H,1,4-10H2,2-3H3. The molecule has 1 fully saturated rings. The Morgan fingerprint density at radius 1 is 1.40 bits per heavy atom. The minimum Gasteiger partial charge on any atom is -0.378 e. The van der Waals surface area contributed by atoms with Gasteiger partial charge in [0.25, 0.3) is 0 Å². The normalized spacial score (nSPS) is 31.8. The Hall–Kier alpha value is -0.120. The molecule has 0 aromatic heterocycles. The zero-order valence-electron chi connectivity index (χ0n) is 9.96. The summed E-state index contributed by atoms with van der Waals surface area (Å²) in [5.74, 6) is 0. The molecule has 0 N–H and O–H groups in total. The molecule has 0 aliphatic carbocycles. The molecule has 3 heteroatoms. The molecule has 0 bridgehead atoms. The van der Waals surface area contributed by atoms with Crippen molar-refractivity contribution >= 4 is 0 Å². The van der Waals surface area contributed by atoms with Crippen molar-refractivity contribution in [3.63, 3.8) is 0 Å². The van der Waals surface area contributed by atoms with E-state index in [0.717, 1.165) is 32.3 Å². The van der Waals surface area contributed by atoms with Crippen molar-refractivity contribution in [3.05, 3.63) is 6.92 Å². The summed E-state index contributed by atoms with van der Waals surface area (Å²) < 4.78 is 16.4. The van der Waals surface area contributed by atoms with Gasteiger partial charge in [0.05, 0.1) is 12.2 Å². The molecule has 1 rings (SSSR count). The predicted octanol–water partition coefficient (Wildman–Crippen LogP) is 2.55. The van der Waals surface area contributed by atoms with Gasteiger partial charge >= 0.3 is 0 Å². The van der Waals surface area contributed by atoms with Crippen LogP contribution in [0.3, 0.4) is 0 Å². The summed E-state index contributed by atoms with van der Waals surface area (Å²) in [6, 6.07) is 0. The van der Waals surface area contributed by atoms with Gasteiger partial charge in [-0.1, -0.05) is 26.2 Å². The summed E-state index contributed by atoms with van der Waals surface area (Å²) in [7, 11) is 3.48. The lowest BCUT2D eigenvalue weighted by molar-refractivity contribution is -0.208. The third kappa shape index (κ3) is 3.74. The minimum atomic E-state index is -0.0987. The second kappa shape index (κ2) is 6.46. The van der Waals surface area contributed by atoms with Gasteiger partial charge in [-0.3, -0.25) is 0 Å². The molecule has 0 spiro atoms. The van der Waals surface area contributed by atoms with Gasteiger partial charge in [-0.25, -0.2) is 0 Å². The first-order valence-electron chi connectivity index (χ1n) is 5.75. The van der Waals surface area contributed by atoms with Crippen LogP contribution in [0, 0.1) is 6.92 Å². The Balaban J connectivity index is 2.43. The van der Waals surface area contributed by atoms with Gasteiger partial charge in [0.1, 0.15) is 0 Å². The highest BCUT2D eigenvalue weighted by Crippen LogP contribution is 2.33. The lowest BCUT2D eigenvalue weighted by Gasteiger charge is -2.39. The zero-order valence-corrected chi connectivity index (χ0v) is 9.96. The van der Waals surface area contributed by atoms with Crippen LogP contribution in [-0.2, 0) is 14.2 Å². The van der Waals surface area contributed by atoms with Crippen LogP contribution in [0.2, 0.25) is 0 Å². The third-order valence-electron chi connectivity index (χ3n) is 3.23. The van der Waals surface area contributed by atoms with Crippen LogP contribution in [0.1, 0.15) is 38.5 Å². The number of hydrogen-bond acceptors (Lipinski definition) is 3. The number of hydrogen-bond donors (Lipinski definition) is 0. The molecule has 1 aliphatic heterocycles. The van der Waals surface area contributed by atoms with Gasteiger partial charge in [0.2, 0.25) is 0 Å². The van der Waals surface area contributed by atoms with E-state index >= 15 is 0 Å². The third-order valence-corrected chi connectivity index (χ3v) is 3.23. The van der Waals surface area contributed by atoms with Gasteiger partial charge in [0.15, 0.2) is 6.29 Å².